The second-order valence-electron chi connectivity index (χ2n) is 15.0. The fourth-order valence-corrected chi connectivity index (χ4v) is 9.13. The first-order valence-corrected chi connectivity index (χ1v) is 22.0. The molecule has 9 aromatic rings. The third-order valence-electron chi connectivity index (χ3n) is 10.6. The van der Waals surface area contributed by atoms with E-state index in [1.165, 1.54) is 5.19 Å². The van der Waals surface area contributed by atoms with Crippen molar-refractivity contribution in [3.8, 4) is 22.6 Å². The minimum absolute atomic E-state index is 0.840. The quantitative estimate of drug-likeness (QED) is 0.154. The lowest BCUT2D eigenvalue weighted by atomic mass is 9.93. The molecular weight excluding hydrogens is 677 g/mol. The fourth-order valence-electron chi connectivity index (χ4n) is 7.97. The van der Waals surface area contributed by atoms with Crippen molar-refractivity contribution in [1.29, 1.82) is 0 Å². The van der Waals surface area contributed by atoms with Gasteiger partial charge in [0.15, 0.2) is 5.58 Å². The summed E-state index contributed by atoms with van der Waals surface area (Å²) in [7, 11) is -1.44. The maximum absolute atomic E-state index is 6.87. The van der Waals surface area contributed by atoms with E-state index in [-0.39, 0.29) is 0 Å². The second-order valence-corrected chi connectivity index (χ2v) is 20.1. The number of fused-ring (bicyclic) bond motifs is 5. The monoisotopic (exact) mass is 714 g/mol. The van der Waals surface area contributed by atoms with Crippen LogP contribution in [0.1, 0.15) is 0 Å². The molecule has 54 heavy (non-hydrogen) atoms. The Morgan fingerprint density at radius 2 is 1.04 bits per heavy atom. The van der Waals surface area contributed by atoms with Crippen molar-refractivity contribution in [3.63, 3.8) is 0 Å². The summed E-state index contributed by atoms with van der Waals surface area (Å²) in [5, 5.41) is 5.84. The van der Waals surface area contributed by atoms with Gasteiger partial charge in [-0.25, -0.2) is 0 Å². The van der Waals surface area contributed by atoms with Crippen LogP contribution in [0.5, 0.6) is 11.5 Å². The van der Waals surface area contributed by atoms with Crippen LogP contribution in [0.4, 0.5) is 34.1 Å². The molecule has 0 radical (unpaired) electrons. The highest BCUT2D eigenvalue weighted by Crippen LogP contribution is 2.52. The van der Waals surface area contributed by atoms with Gasteiger partial charge in [0, 0.05) is 55.9 Å². The molecule has 1 aromatic heterocycles. The number of benzene rings is 8. The number of furan rings is 1. The molecule has 0 saturated heterocycles. The molecule has 0 fully saturated rings. The van der Waals surface area contributed by atoms with Gasteiger partial charge in [-0.15, -0.1) is 0 Å². The van der Waals surface area contributed by atoms with E-state index >= 15 is 0 Å². The summed E-state index contributed by atoms with van der Waals surface area (Å²) in [6.07, 6.45) is 0. The Hall–Kier alpha value is -6.56. The lowest BCUT2D eigenvalue weighted by Crippen LogP contribution is -2.37. The fraction of sp³-hybridized carbons (Fsp3) is 0.0612. The van der Waals surface area contributed by atoms with Gasteiger partial charge in [-0.3, -0.25) is 0 Å². The number of nitrogens with zero attached hydrogens (tertiary/aromatic N) is 2. The van der Waals surface area contributed by atoms with Crippen molar-refractivity contribution in [2.75, 3.05) is 9.80 Å². The maximum atomic E-state index is 6.87. The highest BCUT2D eigenvalue weighted by atomic mass is 28.3. The van der Waals surface area contributed by atoms with Crippen molar-refractivity contribution < 1.29 is 9.15 Å². The number of hydrogen-bond donors (Lipinski definition) is 0. The zero-order valence-electron chi connectivity index (χ0n) is 30.5. The first-order valence-electron chi connectivity index (χ1n) is 18.5. The van der Waals surface area contributed by atoms with Gasteiger partial charge in [0.05, 0.1) is 19.4 Å². The Kier molecular flexibility index (Phi) is 7.46. The minimum atomic E-state index is -1.44. The van der Waals surface area contributed by atoms with E-state index in [1.54, 1.807) is 0 Å². The lowest BCUT2D eigenvalue weighted by molar-refractivity contribution is 0.487. The van der Waals surface area contributed by atoms with E-state index in [4.69, 9.17) is 9.15 Å². The van der Waals surface area contributed by atoms with Gasteiger partial charge in [-0.2, -0.15) is 0 Å². The largest absolute Gasteiger partial charge is 0.456 e. The number of anilines is 6. The third-order valence-corrected chi connectivity index (χ3v) is 12.7. The highest BCUT2D eigenvalue weighted by molar-refractivity contribution is 6.88. The van der Waals surface area contributed by atoms with Crippen LogP contribution in [-0.4, -0.2) is 8.07 Å². The van der Waals surface area contributed by atoms with Crippen LogP contribution in [0, 0.1) is 0 Å². The van der Waals surface area contributed by atoms with Gasteiger partial charge < -0.3 is 19.0 Å². The molecule has 5 heteroatoms. The maximum Gasteiger partial charge on any atom is 0.159 e. The average Bonchev–Trinajstić information content (AvgIpc) is 3.59. The van der Waals surface area contributed by atoms with Crippen LogP contribution in [0.3, 0.4) is 0 Å². The Morgan fingerprint density at radius 3 is 1.80 bits per heavy atom. The third kappa shape index (κ3) is 5.27. The molecule has 8 aromatic carbocycles. The molecule has 1 aliphatic heterocycles. The SMILES string of the molecule is C[Si](C)(C)c1ccc(N(c2ccccc2)c2ccc3c(c2)Oc2cccc4c(N(c5ccccc5)c5cccc6c5oc5ccccc56)ccc-3c24)cc1. The molecule has 0 amide bonds. The average molecular weight is 715 g/mol. The number of para-hydroxylation sites is 4. The molecule has 0 aliphatic carbocycles. The van der Waals surface area contributed by atoms with Gasteiger partial charge in [0.25, 0.3) is 0 Å². The molecule has 10 rings (SSSR count). The zero-order valence-corrected chi connectivity index (χ0v) is 31.5. The first-order chi connectivity index (χ1) is 26.4. The first kappa shape index (κ1) is 32.1. The van der Waals surface area contributed by atoms with Crippen molar-refractivity contribution in [3.05, 3.63) is 176 Å². The van der Waals surface area contributed by atoms with Crippen LogP contribution >= 0.6 is 0 Å². The summed E-state index contributed by atoms with van der Waals surface area (Å²) in [5.41, 5.74) is 10.3. The van der Waals surface area contributed by atoms with Gasteiger partial charge >= 0.3 is 0 Å². The van der Waals surface area contributed by atoms with Crippen LogP contribution in [-0.2, 0) is 0 Å². The Bertz CT molecular complexity index is 2840. The van der Waals surface area contributed by atoms with Crippen molar-refractivity contribution in [1.82, 2.24) is 0 Å². The summed E-state index contributed by atoms with van der Waals surface area (Å²) in [4.78, 5) is 4.63. The summed E-state index contributed by atoms with van der Waals surface area (Å²) < 4.78 is 13.5. The summed E-state index contributed by atoms with van der Waals surface area (Å²) in [6, 6.07) is 62.4. The molecule has 1 aliphatic rings. The Morgan fingerprint density at radius 1 is 0.426 bits per heavy atom. The molecule has 260 valence electrons. The van der Waals surface area contributed by atoms with Crippen molar-refractivity contribution >= 4 is 80.1 Å². The smallest absolute Gasteiger partial charge is 0.159 e. The second kappa shape index (κ2) is 12.5. The van der Waals surface area contributed by atoms with Crippen molar-refractivity contribution in [2.24, 2.45) is 0 Å². The summed E-state index contributed by atoms with van der Waals surface area (Å²) >= 11 is 0. The van der Waals surface area contributed by atoms with Gasteiger partial charge in [0.1, 0.15) is 17.1 Å². The highest BCUT2D eigenvalue weighted by Gasteiger charge is 2.27. The standard InChI is InChI=1S/C49H38N2O2Si/c1-54(2,3)37-27-24-35(25-28-37)50(33-14-6-4-7-15-33)36-26-29-39-40-30-31-43(42-20-13-23-46(48(40)42)52-47(39)32-36)51(34-16-8-5-9-17-34)44-21-12-19-41-38-18-10-11-22-45(38)53-49(41)44/h4-32H,1-3H3. The predicted molar refractivity (Wildman–Crippen MR) is 229 cm³/mol. The normalized spacial score (nSPS) is 12.1. The van der Waals surface area contributed by atoms with Crippen LogP contribution in [0.15, 0.2) is 180 Å². The molecule has 0 N–H and O–H groups in total. The molecule has 4 nitrogen and oxygen atoms in total. The van der Waals surface area contributed by atoms with E-state index in [0.29, 0.717) is 0 Å². The van der Waals surface area contributed by atoms with Crippen LogP contribution in [0.2, 0.25) is 19.6 Å². The molecule has 0 spiro atoms. The van der Waals surface area contributed by atoms with E-state index in [9.17, 15) is 0 Å². The van der Waals surface area contributed by atoms with Gasteiger partial charge in [-0.1, -0.05) is 122 Å². The van der Waals surface area contributed by atoms with E-state index in [1.807, 2.05) is 12.1 Å². The predicted octanol–water partition coefficient (Wildman–Crippen LogP) is 14.0. The van der Waals surface area contributed by atoms with Crippen molar-refractivity contribution in [2.45, 2.75) is 19.6 Å². The van der Waals surface area contributed by atoms with E-state index < -0.39 is 8.07 Å². The summed E-state index contributed by atoms with van der Waals surface area (Å²) in [6.45, 7) is 7.17. The molecule has 0 atom stereocenters. The zero-order chi connectivity index (χ0) is 36.4. The molecular formula is C49H38N2O2Si. The number of rotatable bonds is 7. The number of hydrogen-bond acceptors (Lipinski definition) is 4. The van der Waals surface area contributed by atoms with E-state index in [0.717, 1.165) is 89.5 Å². The number of ether oxygens (including phenoxy) is 1. The Balaban J connectivity index is 1.12. The van der Waals surface area contributed by atoms with Crippen LogP contribution in [0.25, 0.3) is 43.8 Å². The lowest BCUT2D eigenvalue weighted by Gasteiger charge is -2.30. The minimum Gasteiger partial charge on any atom is -0.456 e. The van der Waals surface area contributed by atoms with Gasteiger partial charge in [-0.05, 0) is 78.4 Å². The molecule has 2 heterocycles. The van der Waals surface area contributed by atoms with Gasteiger partial charge in [0.2, 0.25) is 0 Å². The molecule has 0 saturated carbocycles. The van der Waals surface area contributed by atoms with E-state index in [2.05, 4.69) is 193 Å². The molecule has 0 bridgehead atoms. The molecule has 0 unspecified atom stereocenters. The van der Waals surface area contributed by atoms with Crippen LogP contribution < -0.4 is 19.7 Å². The topological polar surface area (TPSA) is 28.9 Å². The Labute approximate surface area is 316 Å². The summed E-state index contributed by atoms with van der Waals surface area (Å²) in [5.74, 6) is 1.68.